The van der Waals surface area contributed by atoms with E-state index in [4.69, 9.17) is 40.6 Å². The molecule has 0 spiro atoms. The average Bonchev–Trinajstić information content (AvgIpc) is 3.73. The van der Waals surface area contributed by atoms with Crippen LogP contribution >= 0.6 is 15.9 Å². The highest BCUT2D eigenvalue weighted by atomic mass is 31.2. The molecule has 3 aliphatic rings. The SMILES string of the molecule is NC1=NC(N)c2ncn([C@@H]3C[C@H](CO[P+](=O)O)[C@H](O)[C@@H]3OP(=O)(O)CO[C@H]3O[C@@H](n4cnc5c(N)ncnc54)[C@@H](O)[C@H]3O)c2N1. The number of ether oxygens (including phenoxy) is 2. The number of imidazole rings is 2. The third-order valence-corrected chi connectivity index (χ3v) is 9.09. The van der Waals surface area contributed by atoms with Gasteiger partial charge in [-0.25, -0.2) is 24.9 Å². The number of guanidine groups is 1. The van der Waals surface area contributed by atoms with Crippen LogP contribution in [0, 0.1) is 5.92 Å². The zero-order chi connectivity index (χ0) is 32.2. The Morgan fingerprint density at radius 2 is 1.87 bits per heavy atom. The van der Waals surface area contributed by atoms with E-state index in [1.54, 1.807) is 0 Å². The monoisotopic (exact) mass is 674 g/mol. The maximum atomic E-state index is 13.3. The van der Waals surface area contributed by atoms with E-state index in [2.05, 4.69) is 30.2 Å². The summed E-state index contributed by atoms with van der Waals surface area (Å²) >= 11 is 0. The molecule has 0 aromatic carbocycles. The summed E-state index contributed by atoms with van der Waals surface area (Å²) in [6.07, 6.45) is -7.02. The van der Waals surface area contributed by atoms with Gasteiger partial charge in [0.25, 0.3) is 0 Å². The maximum absolute atomic E-state index is 13.3. The molecule has 12 N–H and O–H groups in total. The Morgan fingerprint density at radius 3 is 2.62 bits per heavy atom. The smallest absolute Gasteiger partial charge is 0.390 e. The second-order valence-electron chi connectivity index (χ2n) is 10.5. The number of aliphatic imine (C=N–C) groups is 1. The molecule has 2 fully saturated rings. The summed E-state index contributed by atoms with van der Waals surface area (Å²) in [5.41, 5.74) is 18.4. The lowest BCUT2D eigenvalue weighted by Crippen LogP contribution is -2.36. The first-order valence-corrected chi connectivity index (χ1v) is 16.2. The van der Waals surface area contributed by atoms with E-state index in [1.165, 1.54) is 28.1 Å². The number of nitrogens with one attached hydrogen (secondary N) is 1. The summed E-state index contributed by atoms with van der Waals surface area (Å²) in [7, 11) is -7.73. The summed E-state index contributed by atoms with van der Waals surface area (Å²) < 4.78 is 48.6. The number of aliphatic hydroxyl groups is 3. The van der Waals surface area contributed by atoms with Crippen molar-refractivity contribution in [3.05, 3.63) is 24.7 Å². The van der Waals surface area contributed by atoms with Gasteiger partial charge in [-0.2, -0.15) is 0 Å². The molecule has 6 rings (SSSR count). The Kier molecular flexibility index (Phi) is 8.58. The molecule has 24 heteroatoms. The van der Waals surface area contributed by atoms with Crippen molar-refractivity contribution in [3.8, 4) is 0 Å². The van der Waals surface area contributed by atoms with Crippen molar-refractivity contribution in [1.82, 2.24) is 29.1 Å². The van der Waals surface area contributed by atoms with E-state index in [9.17, 15) is 29.3 Å². The quantitative estimate of drug-likeness (QED) is 0.102. The molecule has 11 atom stereocenters. The second kappa shape index (κ2) is 12.2. The van der Waals surface area contributed by atoms with Gasteiger partial charge < -0.3 is 56.8 Å². The third kappa shape index (κ3) is 6.03. The molecule has 0 bridgehead atoms. The van der Waals surface area contributed by atoms with Crippen LogP contribution in [-0.2, 0) is 27.7 Å². The number of hydrogen-bond acceptors (Lipinski definition) is 18. The predicted octanol–water partition coefficient (Wildman–Crippen LogP) is -2.29. The zero-order valence-corrected chi connectivity index (χ0v) is 24.8. The summed E-state index contributed by atoms with van der Waals surface area (Å²) in [6.45, 7) is -0.371. The summed E-state index contributed by atoms with van der Waals surface area (Å²) in [5.74, 6) is -0.439. The fourth-order valence-corrected chi connectivity index (χ4v) is 6.95. The van der Waals surface area contributed by atoms with E-state index in [1.807, 2.05) is 0 Å². The number of nitrogens with two attached hydrogens (primary N) is 3. The Balaban J connectivity index is 1.18. The third-order valence-electron chi connectivity index (χ3n) is 7.67. The van der Waals surface area contributed by atoms with Gasteiger partial charge in [0.1, 0.15) is 54.4 Å². The molecule has 0 radical (unpaired) electrons. The van der Waals surface area contributed by atoms with E-state index >= 15 is 0 Å². The first-order chi connectivity index (χ1) is 21.3. The minimum Gasteiger partial charge on any atom is -0.390 e. The average molecular weight is 674 g/mol. The highest BCUT2D eigenvalue weighted by molar-refractivity contribution is 7.52. The molecule has 1 aliphatic carbocycles. The molecular weight excluding hydrogens is 644 g/mol. The molecule has 22 nitrogen and oxygen atoms in total. The number of nitrogens with zero attached hydrogens (tertiary/aromatic N) is 7. The minimum absolute atomic E-state index is 0.0126. The molecule has 3 unspecified atom stereocenters. The van der Waals surface area contributed by atoms with Crippen LogP contribution in [0.4, 0.5) is 11.6 Å². The highest BCUT2D eigenvalue weighted by Crippen LogP contribution is 2.51. The second-order valence-corrected chi connectivity index (χ2v) is 13.0. The molecule has 2 aliphatic heterocycles. The highest BCUT2D eigenvalue weighted by Gasteiger charge is 2.50. The van der Waals surface area contributed by atoms with E-state index in [-0.39, 0.29) is 36.0 Å². The number of rotatable bonds is 10. The molecule has 1 saturated heterocycles. The van der Waals surface area contributed by atoms with Crippen LogP contribution in [0.3, 0.4) is 0 Å². The summed E-state index contributed by atoms with van der Waals surface area (Å²) in [5, 5.41) is 35.2. The van der Waals surface area contributed by atoms with Gasteiger partial charge in [0, 0.05) is 10.5 Å². The molecule has 3 aromatic rings. The van der Waals surface area contributed by atoms with Crippen LogP contribution in [0.5, 0.6) is 0 Å². The van der Waals surface area contributed by atoms with Crippen LogP contribution in [0.2, 0.25) is 0 Å². The minimum atomic E-state index is -4.75. The molecule has 3 aromatic heterocycles. The molecule has 1 saturated carbocycles. The molecule has 5 heterocycles. The lowest BCUT2D eigenvalue weighted by Gasteiger charge is -2.28. The van der Waals surface area contributed by atoms with E-state index in [0.29, 0.717) is 11.5 Å². The van der Waals surface area contributed by atoms with Crippen molar-refractivity contribution in [2.45, 2.75) is 55.6 Å². The van der Waals surface area contributed by atoms with Crippen LogP contribution in [0.1, 0.15) is 30.6 Å². The number of hydrogen-bond donors (Lipinski definition) is 9. The first kappa shape index (κ1) is 31.7. The van der Waals surface area contributed by atoms with Crippen LogP contribution < -0.4 is 22.5 Å². The Hall–Kier alpha value is -3.24. The Labute approximate surface area is 253 Å². The van der Waals surface area contributed by atoms with Gasteiger partial charge in [0.2, 0.25) is 0 Å². The van der Waals surface area contributed by atoms with Crippen molar-refractivity contribution in [2.24, 2.45) is 22.4 Å². The number of anilines is 2. The molecule has 45 heavy (non-hydrogen) atoms. The number of aromatic nitrogens is 6. The lowest BCUT2D eigenvalue weighted by molar-refractivity contribution is -0.168. The lowest BCUT2D eigenvalue weighted by atomic mass is 10.1. The number of fused-ring (bicyclic) bond motifs is 2. The fourth-order valence-electron chi connectivity index (χ4n) is 5.59. The fraction of sp³-hybridized carbons (Fsp3) is 0.571. The standard InChI is InChI=1S/C21H29N11O11P2/c22-15-9-17(26-3-25-15)32(5-28-9)19-12(34)13(35)20(42-19)40-6-45(38,39)43-14-8(1-7(11(14)33)2-41-44(36)37)31-4-27-10-16(23)29-21(24)30-18(10)31/h3-5,7-8,11-14,16,19-20,33-35H,1-2,6,23H2,(H6-,22,24,25,26,29,30,36,37,38,39)/p+1/t7-,8-,11+,12+,13-,14-,16?,19-,20+/m1/s1. The summed E-state index contributed by atoms with van der Waals surface area (Å²) in [4.78, 5) is 40.1. The van der Waals surface area contributed by atoms with Crippen molar-refractivity contribution >= 4 is 44.6 Å². The molecule has 0 amide bonds. The van der Waals surface area contributed by atoms with Gasteiger partial charge >= 0.3 is 15.9 Å². The van der Waals surface area contributed by atoms with Gasteiger partial charge in [-0.3, -0.25) is 13.7 Å². The van der Waals surface area contributed by atoms with Gasteiger partial charge in [0.15, 0.2) is 36.3 Å². The number of nitrogen functional groups attached to an aromatic ring is 1. The largest absolute Gasteiger partial charge is 0.694 e. The Morgan fingerprint density at radius 1 is 1.11 bits per heavy atom. The van der Waals surface area contributed by atoms with Crippen molar-refractivity contribution in [2.75, 3.05) is 24.0 Å². The van der Waals surface area contributed by atoms with Crippen molar-refractivity contribution < 1.29 is 52.8 Å². The Bertz CT molecular complexity index is 1670. The van der Waals surface area contributed by atoms with Crippen LogP contribution in [-0.4, -0.2) is 104 Å². The van der Waals surface area contributed by atoms with Gasteiger partial charge in [-0.1, -0.05) is 0 Å². The predicted molar refractivity (Wildman–Crippen MR) is 150 cm³/mol. The van der Waals surface area contributed by atoms with Crippen LogP contribution in [0.25, 0.3) is 11.2 Å². The van der Waals surface area contributed by atoms with Crippen LogP contribution in [0.15, 0.2) is 24.0 Å². The zero-order valence-electron chi connectivity index (χ0n) is 23.0. The summed E-state index contributed by atoms with van der Waals surface area (Å²) in [6, 6.07) is -0.879. The molecule has 244 valence electrons. The van der Waals surface area contributed by atoms with E-state index in [0.717, 1.165) is 0 Å². The normalized spacial score (nSPS) is 33.1. The molecular formula is C21H30N11O11P2+. The van der Waals surface area contributed by atoms with Gasteiger partial charge in [0.05, 0.1) is 24.8 Å². The maximum Gasteiger partial charge on any atom is 0.694 e. The van der Waals surface area contributed by atoms with E-state index < -0.39 is 77.3 Å². The van der Waals surface area contributed by atoms with Crippen molar-refractivity contribution in [3.63, 3.8) is 0 Å². The first-order valence-electron chi connectivity index (χ1n) is 13.3. The van der Waals surface area contributed by atoms with Gasteiger partial charge in [-0.05, 0) is 6.42 Å². The van der Waals surface area contributed by atoms with Crippen molar-refractivity contribution in [1.29, 1.82) is 0 Å². The number of aliphatic hydroxyl groups excluding tert-OH is 3. The van der Waals surface area contributed by atoms with Gasteiger partial charge in [-0.15, -0.1) is 9.42 Å². The topological polar surface area (TPSA) is 336 Å².